The van der Waals surface area contributed by atoms with Crippen molar-refractivity contribution in [2.45, 2.75) is 64.5 Å². The molecule has 2 fully saturated rings. The number of carbonyl (C=O) groups excluding carboxylic acids is 4. The highest BCUT2D eigenvalue weighted by molar-refractivity contribution is 6.04. The molecule has 12 heteroatoms. The van der Waals surface area contributed by atoms with Crippen LogP contribution in [0.4, 0.5) is 11.4 Å². The van der Waals surface area contributed by atoms with E-state index in [0.29, 0.717) is 51.0 Å². The molecule has 2 saturated heterocycles. The van der Waals surface area contributed by atoms with Gasteiger partial charge in [0, 0.05) is 100 Å². The quantitative estimate of drug-likeness (QED) is 0.0773. The van der Waals surface area contributed by atoms with Gasteiger partial charge in [-0.1, -0.05) is 55.8 Å². The van der Waals surface area contributed by atoms with Gasteiger partial charge in [-0.15, -0.1) is 0 Å². The van der Waals surface area contributed by atoms with Gasteiger partial charge < -0.3 is 30.2 Å². The first-order valence-corrected chi connectivity index (χ1v) is 23.9. The minimum Gasteiger partial charge on any atom is -0.371 e. The van der Waals surface area contributed by atoms with Crippen LogP contribution in [0.5, 0.6) is 0 Å². The molecule has 66 heavy (non-hydrogen) atoms. The Bertz CT molecular complexity index is 2150. The molecule has 0 saturated carbocycles. The zero-order chi connectivity index (χ0) is 47.9. The molecule has 2 N–H and O–H groups in total. The summed E-state index contributed by atoms with van der Waals surface area (Å²) in [6, 6.07) is 32.3. The number of nitrogens with zero attached hydrogens (tertiary/aromatic N) is 6. The molecular weight excluding hydrogens is 825 g/mol. The maximum absolute atomic E-state index is 13.9. The van der Waals surface area contributed by atoms with E-state index in [9.17, 15) is 19.2 Å². The molecule has 2 aliphatic rings. The number of benzene rings is 4. The minimum atomic E-state index is -0.687. The molecule has 2 unspecified atom stereocenters. The molecule has 2 atom stereocenters. The normalized spacial score (nSPS) is 16.0. The van der Waals surface area contributed by atoms with Gasteiger partial charge in [-0.3, -0.25) is 29.0 Å². The third-order valence-corrected chi connectivity index (χ3v) is 13.9. The van der Waals surface area contributed by atoms with Gasteiger partial charge in [0.2, 0.25) is 6.41 Å². The first-order valence-electron chi connectivity index (χ1n) is 23.9. The fourth-order valence-electron chi connectivity index (χ4n) is 9.27. The Kier molecular flexibility index (Phi) is 19.1. The average molecular weight is 901 g/mol. The zero-order valence-electron chi connectivity index (χ0n) is 41.2. The largest absolute Gasteiger partial charge is 0.371 e. The second-order valence-corrected chi connectivity index (χ2v) is 18.2. The summed E-state index contributed by atoms with van der Waals surface area (Å²) in [5.41, 5.74) is 6.65. The number of ketones is 2. The summed E-state index contributed by atoms with van der Waals surface area (Å²) in [6.07, 6.45) is 3.53. The fraction of sp³-hybridized carbons (Fsp3) is 0.481. The van der Waals surface area contributed by atoms with Gasteiger partial charge in [0.05, 0.1) is 11.1 Å². The van der Waals surface area contributed by atoms with E-state index in [1.165, 1.54) is 11.1 Å². The number of hydrogen-bond donors (Lipinski definition) is 2. The molecule has 0 radical (unpaired) electrons. The smallest absolute Gasteiger partial charge is 0.253 e. The van der Waals surface area contributed by atoms with E-state index in [4.69, 9.17) is 0 Å². The summed E-state index contributed by atoms with van der Waals surface area (Å²) in [5.74, 6) is 0.280. The lowest BCUT2D eigenvalue weighted by atomic mass is 9.80. The maximum Gasteiger partial charge on any atom is 0.253 e. The predicted octanol–water partition coefficient (Wildman–Crippen LogP) is 6.32. The van der Waals surface area contributed by atoms with Gasteiger partial charge in [0.25, 0.3) is 5.91 Å². The van der Waals surface area contributed by atoms with Crippen LogP contribution in [0, 0.1) is 6.92 Å². The second kappa shape index (κ2) is 24.4. The van der Waals surface area contributed by atoms with Crippen LogP contribution in [0.15, 0.2) is 97.1 Å². The fourth-order valence-corrected chi connectivity index (χ4v) is 9.27. The van der Waals surface area contributed by atoms with E-state index in [1.54, 1.807) is 9.80 Å². The Morgan fingerprint density at radius 1 is 0.652 bits per heavy atom. The van der Waals surface area contributed by atoms with Crippen molar-refractivity contribution < 1.29 is 19.2 Å². The van der Waals surface area contributed by atoms with Gasteiger partial charge in [-0.25, -0.2) is 0 Å². The minimum absolute atomic E-state index is 0.0212. The summed E-state index contributed by atoms with van der Waals surface area (Å²) >= 11 is 0. The number of aryl methyl sites for hydroxylation is 1. The number of likely N-dealkylation sites (N-methyl/N-ethyl adjacent to an activating group) is 4. The van der Waals surface area contributed by atoms with Crippen molar-refractivity contribution in [2.24, 2.45) is 0 Å². The highest BCUT2D eigenvalue weighted by Gasteiger charge is 2.41. The third kappa shape index (κ3) is 12.5. The van der Waals surface area contributed by atoms with Crippen LogP contribution >= 0.6 is 0 Å². The SMILES string of the molecule is CCC(Cc1ccc(C(=O)N2CCN(C=O)CC2)cc1)(C(=O)c1ccc(N2CCNCC2)cc1)N(C)C.CCN(CCNC)c1ccc(C(=O)C(CC)(Cc2ccc(C)cc2)N(C)C)cc1. The number of amides is 2. The van der Waals surface area contributed by atoms with Crippen LogP contribution in [0.25, 0.3) is 0 Å². The summed E-state index contributed by atoms with van der Waals surface area (Å²) in [4.78, 5) is 63.7. The van der Waals surface area contributed by atoms with Crippen molar-refractivity contribution in [1.29, 1.82) is 0 Å². The summed E-state index contributed by atoms with van der Waals surface area (Å²) < 4.78 is 0. The number of Topliss-reactive ketones (excluding diaryl/α,β-unsaturated/α-hetero) is 2. The van der Waals surface area contributed by atoms with Crippen LogP contribution in [0.2, 0.25) is 0 Å². The molecule has 2 amide bonds. The lowest BCUT2D eigenvalue weighted by Crippen LogP contribution is -2.52. The Balaban J connectivity index is 0.000000256. The number of piperazine rings is 2. The zero-order valence-corrected chi connectivity index (χ0v) is 41.2. The van der Waals surface area contributed by atoms with E-state index in [1.807, 2.05) is 88.7 Å². The monoisotopic (exact) mass is 901 g/mol. The number of hydrogen-bond acceptors (Lipinski definition) is 10. The molecule has 6 rings (SSSR count). The van der Waals surface area contributed by atoms with Gasteiger partial charge in [0.15, 0.2) is 11.6 Å². The molecule has 2 aliphatic heterocycles. The van der Waals surface area contributed by atoms with Crippen LogP contribution in [-0.4, -0.2) is 162 Å². The molecule has 0 spiro atoms. The molecule has 12 nitrogen and oxygen atoms in total. The van der Waals surface area contributed by atoms with Crippen molar-refractivity contribution in [3.63, 3.8) is 0 Å². The predicted molar refractivity (Wildman–Crippen MR) is 270 cm³/mol. The van der Waals surface area contributed by atoms with Crippen molar-refractivity contribution in [1.82, 2.24) is 30.2 Å². The summed E-state index contributed by atoms with van der Waals surface area (Å²) in [7, 11) is 9.93. The molecule has 0 aromatic heterocycles. The number of carbonyl (C=O) groups is 4. The number of rotatable bonds is 20. The lowest BCUT2D eigenvalue weighted by Gasteiger charge is -2.38. The molecule has 4 aromatic rings. The van der Waals surface area contributed by atoms with Crippen molar-refractivity contribution >= 4 is 35.3 Å². The standard InChI is InChI=1S/C29H39N5O3.C25H37N3O/c1-4-29(31(2)3,27(36)24-9-11-26(12-10-24)33-15-13-30-14-16-33)21-23-5-7-25(8-6-23)28(37)34-19-17-32(22-35)18-20-34;1-7-25(27(5)6,19-21-11-9-20(3)10-12-21)24(29)22-13-15-23(16-14-22)28(8-2)18-17-26-4/h5-12,22,30H,4,13-21H2,1-3H3;9-16,26H,7-8,17-19H2,1-6H3. The van der Waals surface area contributed by atoms with E-state index in [0.717, 1.165) is 86.7 Å². The van der Waals surface area contributed by atoms with Crippen molar-refractivity contribution in [2.75, 3.05) is 117 Å². The molecular formula is C54H76N8O4. The van der Waals surface area contributed by atoms with Crippen molar-refractivity contribution in [3.8, 4) is 0 Å². The lowest BCUT2D eigenvalue weighted by molar-refractivity contribution is -0.119. The summed E-state index contributed by atoms with van der Waals surface area (Å²) in [5, 5.41) is 6.57. The molecule has 356 valence electrons. The molecule has 0 bridgehead atoms. The summed E-state index contributed by atoms with van der Waals surface area (Å²) in [6.45, 7) is 17.3. The Labute approximate surface area is 395 Å². The first kappa shape index (κ1) is 51.6. The van der Waals surface area contributed by atoms with Gasteiger partial charge >= 0.3 is 0 Å². The van der Waals surface area contributed by atoms with Crippen LogP contribution in [-0.2, 0) is 17.6 Å². The Morgan fingerprint density at radius 2 is 1.12 bits per heavy atom. The molecule has 2 heterocycles. The van der Waals surface area contributed by atoms with Gasteiger partial charge in [-0.05, 0) is 147 Å². The number of anilines is 2. The van der Waals surface area contributed by atoms with E-state index >= 15 is 0 Å². The highest BCUT2D eigenvalue weighted by Crippen LogP contribution is 2.31. The average Bonchev–Trinajstić information content (AvgIpc) is 3.36. The molecule has 0 aliphatic carbocycles. The van der Waals surface area contributed by atoms with Gasteiger partial charge in [-0.2, -0.15) is 0 Å². The maximum atomic E-state index is 13.9. The van der Waals surface area contributed by atoms with Crippen molar-refractivity contribution in [3.05, 3.63) is 130 Å². The first-order chi connectivity index (χ1) is 31.7. The topological polar surface area (TPSA) is 112 Å². The van der Waals surface area contributed by atoms with Crippen LogP contribution in [0.1, 0.15) is 81.4 Å². The Morgan fingerprint density at radius 3 is 1.56 bits per heavy atom. The van der Waals surface area contributed by atoms with E-state index in [-0.39, 0.29) is 17.5 Å². The van der Waals surface area contributed by atoms with Gasteiger partial charge in [0.1, 0.15) is 0 Å². The number of nitrogens with one attached hydrogen (secondary N) is 2. The van der Waals surface area contributed by atoms with Crippen LogP contribution < -0.4 is 20.4 Å². The second-order valence-electron chi connectivity index (χ2n) is 18.2. The third-order valence-electron chi connectivity index (χ3n) is 13.9. The Hall–Kier alpha value is -5.40. The van der Waals surface area contributed by atoms with E-state index in [2.05, 4.69) is 102 Å². The molecule has 4 aromatic carbocycles. The van der Waals surface area contributed by atoms with Crippen LogP contribution in [0.3, 0.4) is 0 Å². The van der Waals surface area contributed by atoms with E-state index < -0.39 is 11.1 Å². The highest BCUT2D eigenvalue weighted by atomic mass is 16.2.